The molecule has 0 spiro atoms. The lowest BCUT2D eigenvalue weighted by Crippen LogP contribution is -2.57. The molecule has 0 aliphatic carbocycles. The maximum Gasteiger partial charge on any atom is 0.248 e. The summed E-state index contributed by atoms with van der Waals surface area (Å²) in [5, 5.41) is 10.8. The van der Waals surface area contributed by atoms with Crippen molar-refractivity contribution >= 4 is 5.91 Å². The summed E-state index contributed by atoms with van der Waals surface area (Å²) >= 11 is 0. The van der Waals surface area contributed by atoms with Crippen molar-refractivity contribution < 1.29 is 9.53 Å². The number of hydrogen-bond acceptors (Lipinski definition) is 5. The van der Waals surface area contributed by atoms with Crippen molar-refractivity contribution in [3.8, 4) is 0 Å². The predicted molar refractivity (Wildman–Crippen MR) is 91.8 cm³/mol. The Hall–Kier alpha value is -1.44. The standard InChI is InChI=1S/C17H29N5O2/c1-16(2)14-24-13-12-21(16)11-9-19-15(23)17(4-7-18-8-5-17)22-10-3-6-20-22/h3,6,10,18H,4-5,7-9,11-14H2,1-2H3,(H,19,23). The minimum absolute atomic E-state index is 0.0252. The number of carbonyl (C=O) groups is 1. The van der Waals surface area contributed by atoms with Crippen molar-refractivity contribution in [2.24, 2.45) is 0 Å². The van der Waals surface area contributed by atoms with E-state index in [1.807, 2.05) is 16.9 Å². The molecule has 134 valence electrons. The maximum atomic E-state index is 13.0. The van der Waals surface area contributed by atoms with Gasteiger partial charge in [-0.05, 0) is 45.8 Å². The first kappa shape index (κ1) is 17.4. The highest BCUT2D eigenvalue weighted by Gasteiger charge is 2.42. The molecule has 3 heterocycles. The number of amides is 1. The molecule has 7 heteroatoms. The molecule has 3 rings (SSSR count). The van der Waals surface area contributed by atoms with Crippen LogP contribution in [0.25, 0.3) is 0 Å². The Bertz CT molecular complexity index is 537. The maximum absolute atomic E-state index is 13.0. The SMILES string of the molecule is CC1(C)COCCN1CCNC(=O)C1(n2cccn2)CCNCC1. The summed E-state index contributed by atoms with van der Waals surface area (Å²) < 4.78 is 7.39. The van der Waals surface area contributed by atoms with Crippen LogP contribution in [0, 0.1) is 0 Å². The van der Waals surface area contributed by atoms with Crippen LogP contribution >= 0.6 is 0 Å². The van der Waals surface area contributed by atoms with Gasteiger partial charge in [-0.1, -0.05) is 0 Å². The van der Waals surface area contributed by atoms with E-state index < -0.39 is 5.54 Å². The van der Waals surface area contributed by atoms with Crippen LogP contribution in [0.15, 0.2) is 18.5 Å². The first-order valence-electron chi connectivity index (χ1n) is 8.87. The topological polar surface area (TPSA) is 71.4 Å². The highest BCUT2D eigenvalue weighted by atomic mass is 16.5. The quantitative estimate of drug-likeness (QED) is 0.804. The van der Waals surface area contributed by atoms with E-state index in [-0.39, 0.29) is 11.4 Å². The molecule has 1 aromatic rings. The van der Waals surface area contributed by atoms with E-state index in [1.54, 1.807) is 6.20 Å². The number of ether oxygens (including phenoxy) is 1. The first-order chi connectivity index (χ1) is 11.5. The first-order valence-corrected chi connectivity index (χ1v) is 8.87. The van der Waals surface area contributed by atoms with Crippen LogP contribution in [-0.4, -0.2) is 72.1 Å². The van der Waals surface area contributed by atoms with Crippen molar-refractivity contribution in [2.45, 2.75) is 37.8 Å². The molecule has 2 aliphatic heterocycles. The van der Waals surface area contributed by atoms with Crippen LogP contribution in [0.2, 0.25) is 0 Å². The number of nitrogens with zero attached hydrogens (tertiary/aromatic N) is 3. The van der Waals surface area contributed by atoms with Gasteiger partial charge in [0.25, 0.3) is 0 Å². The van der Waals surface area contributed by atoms with Gasteiger partial charge in [0.15, 0.2) is 0 Å². The third-order valence-electron chi connectivity index (χ3n) is 5.28. The number of hydrogen-bond donors (Lipinski definition) is 2. The molecule has 7 nitrogen and oxygen atoms in total. The van der Waals surface area contributed by atoms with Crippen LogP contribution in [-0.2, 0) is 15.1 Å². The van der Waals surface area contributed by atoms with E-state index in [2.05, 4.69) is 34.5 Å². The Morgan fingerprint density at radius 3 is 2.83 bits per heavy atom. The summed E-state index contributed by atoms with van der Waals surface area (Å²) in [4.78, 5) is 15.4. The lowest BCUT2D eigenvalue weighted by molar-refractivity contribution is -0.132. The Balaban J connectivity index is 1.60. The Labute approximate surface area is 143 Å². The second kappa shape index (κ2) is 7.21. The fourth-order valence-electron chi connectivity index (χ4n) is 3.70. The van der Waals surface area contributed by atoms with Gasteiger partial charge in [0.2, 0.25) is 5.91 Å². The minimum atomic E-state index is -0.560. The fraction of sp³-hybridized carbons (Fsp3) is 0.765. The third-order valence-corrected chi connectivity index (χ3v) is 5.28. The lowest BCUT2D eigenvalue weighted by atomic mass is 9.87. The largest absolute Gasteiger partial charge is 0.378 e. The molecule has 2 fully saturated rings. The van der Waals surface area contributed by atoms with Crippen LogP contribution < -0.4 is 10.6 Å². The Kier molecular flexibility index (Phi) is 5.22. The van der Waals surface area contributed by atoms with Crippen LogP contribution in [0.1, 0.15) is 26.7 Å². The van der Waals surface area contributed by atoms with Gasteiger partial charge in [-0.2, -0.15) is 5.10 Å². The molecule has 0 atom stereocenters. The van der Waals surface area contributed by atoms with Crippen LogP contribution in [0.5, 0.6) is 0 Å². The number of piperidine rings is 1. The number of morpholine rings is 1. The molecule has 0 bridgehead atoms. The normalized spacial score (nSPS) is 23.8. The van der Waals surface area contributed by atoms with Gasteiger partial charge in [0.1, 0.15) is 5.54 Å². The zero-order chi connectivity index (χ0) is 17.0. The number of aromatic nitrogens is 2. The number of nitrogens with one attached hydrogen (secondary N) is 2. The number of rotatable bonds is 5. The third kappa shape index (κ3) is 3.48. The van der Waals surface area contributed by atoms with Gasteiger partial charge in [-0.15, -0.1) is 0 Å². The van der Waals surface area contributed by atoms with Gasteiger partial charge in [0.05, 0.1) is 13.2 Å². The molecule has 1 amide bonds. The Morgan fingerprint density at radius 1 is 1.38 bits per heavy atom. The summed E-state index contributed by atoms with van der Waals surface area (Å²) in [5.41, 5.74) is -0.535. The van der Waals surface area contributed by atoms with E-state index in [9.17, 15) is 4.79 Å². The average molecular weight is 335 g/mol. The molecule has 2 saturated heterocycles. The summed E-state index contributed by atoms with van der Waals surface area (Å²) in [6.07, 6.45) is 5.18. The van der Waals surface area contributed by atoms with E-state index in [1.165, 1.54) is 0 Å². The van der Waals surface area contributed by atoms with Crippen molar-refractivity contribution in [2.75, 3.05) is 45.9 Å². The van der Waals surface area contributed by atoms with E-state index in [4.69, 9.17) is 4.74 Å². The molecule has 0 aromatic carbocycles. The minimum Gasteiger partial charge on any atom is -0.378 e. The second-order valence-electron chi connectivity index (χ2n) is 7.34. The molecule has 24 heavy (non-hydrogen) atoms. The molecule has 0 unspecified atom stereocenters. The monoisotopic (exact) mass is 335 g/mol. The molecular formula is C17H29N5O2. The average Bonchev–Trinajstić information content (AvgIpc) is 3.12. The lowest BCUT2D eigenvalue weighted by Gasteiger charge is -2.42. The van der Waals surface area contributed by atoms with Crippen LogP contribution in [0.4, 0.5) is 0 Å². The molecule has 1 aromatic heterocycles. The van der Waals surface area contributed by atoms with Crippen molar-refractivity contribution in [1.82, 2.24) is 25.3 Å². The highest BCUT2D eigenvalue weighted by molar-refractivity contribution is 5.84. The predicted octanol–water partition coefficient (Wildman–Crippen LogP) is 0.189. The molecule has 0 radical (unpaired) electrons. The Morgan fingerprint density at radius 2 is 2.17 bits per heavy atom. The van der Waals surface area contributed by atoms with E-state index in [0.717, 1.165) is 52.2 Å². The zero-order valence-electron chi connectivity index (χ0n) is 14.8. The van der Waals surface area contributed by atoms with E-state index >= 15 is 0 Å². The van der Waals surface area contributed by atoms with Gasteiger partial charge >= 0.3 is 0 Å². The van der Waals surface area contributed by atoms with Gasteiger partial charge < -0.3 is 15.4 Å². The summed E-state index contributed by atoms with van der Waals surface area (Å²) in [5.74, 6) is 0.0822. The molecular weight excluding hydrogens is 306 g/mol. The summed E-state index contributed by atoms with van der Waals surface area (Å²) in [6.45, 7) is 9.96. The van der Waals surface area contributed by atoms with Crippen LogP contribution in [0.3, 0.4) is 0 Å². The van der Waals surface area contributed by atoms with Crippen molar-refractivity contribution in [3.63, 3.8) is 0 Å². The van der Waals surface area contributed by atoms with Gasteiger partial charge in [-0.3, -0.25) is 14.4 Å². The van der Waals surface area contributed by atoms with Crippen molar-refractivity contribution in [1.29, 1.82) is 0 Å². The summed E-state index contributed by atoms with van der Waals surface area (Å²) in [6, 6.07) is 1.88. The highest BCUT2D eigenvalue weighted by Crippen LogP contribution is 2.27. The fourth-order valence-corrected chi connectivity index (χ4v) is 3.70. The number of carbonyl (C=O) groups excluding carboxylic acids is 1. The molecule has 2 aliphatic rings. The molecule has 2 N–H and O–H groups in total. The second-order valence-corrected chi connectivity index (χ2v) is 7.34. The smallest absolute Gasteiger partial charge is 0.248 e. The van der Waals surface area contributed by atoms with Gasteiger partial charge in [-0.25, -0.2) is 0 Å². The van der Waals surface area contributed by atoms with Crippen molar-refractivity contribution in [3.05, 3.63) is 18.5 Å². The molecule has 0 saturated carbocycles. The van der Waals surface area contributed by atoms with E-state index in [0.29, 0.717) is 6.54 Å². The van der Waals surface area contributed by atoms with Gasteiger partial charge in [0, 0.05) is 37.6 Å². The summed E-state index contributed by atoms with van der Waals surface area (Å²) in [7, 11) is 0. The zero-order valence-corrected chi connectivity index (χ0v) is 14.8.